The van der Waals surface area contributed by atoms with E-state index in [4.69, 9.17) is 0 Å². The Hall–Kier alpha value is -3.58. The molecule has 0 unspecified atom stereocenters. The van der Waals surface area contributed by atoms with Crippen LogP contribution in [0.25, 0.3) is 11.8 Å². The van der Waals surface area contributed by atoms with Gasteiger partial charge in [0.15, 0.2) is 0 Å². The van der Waals surface area contributed by atoms with Crippen molar-refractivity contribution in [3.63, 3.8) is 0 Å². The summed E-state index contributed by atoms with van der Waals surface area (Å²) in [5.41, 5.74) is 6.05. The number of nitrogens with zero attached hydrogens (tertiary/aromatic N) is 2. The number of benzene rings is 2. The van der Waals surface area contributed by atoms with E-state index < -0.39 is 5.91 Å². The van der Waals surface area contributed by atoms with Gasteiger partial charge < -0.3 is 9.88 Å². The number of para-hydroxylation sites is 1. The molecular formula is C26H27N3O. The zero-order valence-corrected chi connectivity index (χ0v) is 18.2. The summed E-state index contributed by atoms with van der Waals surface area (Å²) in [7, 11) is 0. The topological polar surface area (TPSA) is 57.8 Å². The summed E-state index contributed by atoms with van der Waals surface area (Å²) in [5.74, 6) is -0.414. The highest BCUT2D eigenvalue weighted by Gasteiger charge is 2.16. The summed E-state index contributed by atoms with van der Waals surface area (Å²) in [5, 5.41) is 12.3. The number of carbonyl (C=O) groups is 1. The summed E-state index contributed by atoms with van der Waals surface area (Å²) >= 11 is 0. The minimum Gasteiger partial charge on any atom is -0.321 e. The first-order valence-corrected chi connectivity index (χ1v) is 9.99. The van der Waals surface area contributed by atoms with Crippen LogP contribution in [0.2, 0.25) is 0 Å². The summed E-state index contributed by atoms with van der Waals surface area (Å²) in [6.45, 7) is 10.6. The van der Waals surface area contributed by atoms with Crippen LogP contribution in [0.4, 0.5) is 5.69 Å². The largest absolute Gasteiger partial charge is 0.321 e. The van der Waals surface area contributed by atoms with Gasteiger partial charge in [-0.3, -0.25) is 4.79 Å². The number of nitriles is 1. The van der Waals surface area contributed by atoms with E-state index in [1.165, 1.54) is 5.56 Å². The van der Waals surface area contributed by atoms with Gasteiger partial charge in [0.1, 0.15) is 11.6 Å². The molecule has 30 heavy (non-hydrogen) atoms. The molecule has 1 N–H and O–H groups in total. The molecule has 0 bridgehead atoms. The fourth-order valence-corrected chi connectivity index (χ4v) is 3.47. The predicted octanol–water partition coefficient (Wildman–Crippen LogP) is 5.94. The summed E-state index contributed by atoms with van der Waals surface area (Å²) in [6.07, 6.45) is 1.65. The Kier molecular flexibility index (Phi) is 5.94. The van der Waals surface area contributed by atoms with Crippen LogP contribution in [0.5, 0.6) is 0 Å². The third-order valence-corrected chi connectivity index (χ3v) is 5.16. The van der Waals surface area contributed by atoms with Gasteiger partial charge in [-0.05, 0) is 66.8 Å². The lowest BCUT2D eigenvalue weighted by Gasteiger charge is -2.20. The number of hydrogen-bond donors (Lipinski definition) is 1. The van der Waals surface area contributed by atoms with Crippen LogP contribution in [-0.4, -0.2) is 10.5 Å². The molecule has 0 radical (unpaired) electrons. The van der Waals surface area contributed by atoms with Gasteiger partial charge in [0.05, 0.1) is 0 Å². The van der Waals surface area contributed by atoms with Crippen molar-refractivity contribution in [2.24, 2.45) is 0 Å². The zero-order chi connectivity index (χ0) is 21.9. The SMILES string of the molecule is Cc1cc(C=C(C#N)C(=O)Nc2ccccc2)c(C)n1-c1ccc(C(C)(C)C)cc1. The van der Waals surface area contributed by atoms with Gasteiger partial charge in [-0.1, -0.05) is 51.1 Å². The molecule has 0 spiro atoms. The van der Waals surface area contributed by atoms with E-state index in [2.05, 4.69) is 54.9 Å². The number of amides is 1. The number of aryl methyl sites for hydroxylation is 1. The van der Waals surface area contributed by atoms with E-state index in [0.717, 1.165) is 22.6 Å². The van der Waals surface area contributed by atoms with Crippen molar-refractivity contribution in [3.8, 4) is 11.8 Å². The third kappa shape index (κ3) is 4.52. The highest BCUT2D eigenvalue weighted by molar-refractivity contribution is 6.09. The van der Waals surface area contributed by atoms with E-state index in [1.807, 2.05) is 44.2 Å². The Morgan fingerprint density at radius 2 is 1.67 bits per heavy atom. The van der Waals surface area contributed by atoms with Crippen LogP contribution in [-0.2, 0) is 10.2 Å². The lowest BCUT2D eigenvalue weighted by atomic mass is 9.87. The number of aromatic nitrogens is 1. The first-order valence-electron chi connectivity index (χ1n) is 9.99. The van der Waals surface area contributed by atoms with E-state index in [-0.39, 0.29) is 11.0 Å². The molecule has 0 aliphatic carbocycles. The van der Waals surface area contributed by atoms with E-state index in [1.54, 1.807) is 18.2 Å². The molecule has 3 aromatic rings. The standard InChI is InChI=1S/C26H27N3O/c1-18-15-20(16-21(17-27)25(30)28-23-9-7-6-8-10-23)19(2)29(18)24-13-11-22(12-14-24)26(3,4)5/h6-16H,1-5H3,(H,28,30). The second-order valence-corrected chi connectivity index (χ2v) is 8.45. The van der Waals surface area contributed by atoms with Gasteiger partial charge >= 0.3 is 0 Å². The summed E-state index contributed by atoms with van der Waals surface area (Å²) in [6, 6.07) is 21.7. The molecule has 0 atom stereocenters. The second kappa shape index (κ2) is 8.42. The first-order chi connectivity index (χ1) is 14.2. The molecule has 0 saturated heterocycles. The Morgan fingerprint density at radius 1 is 1.03 bits per heavy atom. The Bertz CT molecular complexity index is 1120. The molecule has 1 aromatic heterocycles. The maximum Gasteiger partial charge on any atom is 0.266 e. The average molecular weight is 398 g/mol. The maximum absolute atomic E-state index is 12.5. The molecule has 3 rings (SSSR count). The third-order valence-electron chi connectivity index (χ3n) is 5.16. The molecule has 0 fully saturated rings. The first kappa shape index (κ1) is 21.1. The van der Waals surface area contributed by atoms with Crippen molar-refractivity contribution < 1.29 is 4.79 Å². The van der Waals surface area contributed by atoms with Gasteiger partial charge in [0, 0.05) is 22.8 Å². The number of hydrogen-bond acceptors (Lipinski definition) is 2. The van der Waals surface area contributed by atoms with Crippen molar-refractivity contribution in [1.29, 1.82) is 5.26 Å². The molecule has 0 saturated carbocycles. The van der Waals surface area contributed by atoms with Crippen LogP contribution >= 0.6 is 0 Å². The van der Waals surface area contributed by atoms with Crippen molar-refractivity contribution in [2.45, 2.75) is 40.0 Å². The zero-order valence-electron chi connectivity index (χ0n) is 18.2. The molecule has 4 nitrogen and oxygen atoms in total. The van der Waals surface area contributed by atoms with Crippen LogP contribution in [0, 0.1) is 25.2 Å². The van der Waals surface area contributed by atoms with E-state index in [0.29, 0.717) is 5.69 Å². The van der Waals surface area contributed by atoms with Gasteiger partial charge in [-0.15, -0.1) is 0 Å². The van der Waals surface area contributed by atoms with Crippen LogP contribution in [0.3, 0.4) is 0 Å². The van der Waals surface area contributed by atoms with Gasteiger partial charge in [0.25, 0.3) is 5.91 Å². The lowest BCUT2D eigenvalue weighted by Crippen LogP contribution is -2.13. The van der Waals surface area contributed by atoms with Gasteiger partial charge in [-0.25, -0.2) is 0 Å². The Balaban J connectivity index is 1.92. The molecule has 4 heteroatoms. The highest BCUT2D eigenvalue weighted by Crippen LogP contribution is 2.26. The summed E-state index contributed by atoms with van der Waals surface area (Å²) < 4.78 is 2.14. The van der Waals surface area contributed by atoms with Crippen molar-refractivity contribution >= 4 is 17.7 Å². The van der Waals surface area contributed by atoms with Crippen LogP contribution in [0.1, 0.15) is 43.3 Å². The van der Waals surface area contributed by atoms with E-state index in [9.17, 15) is 10.1 Å². The van der Waals surface area contributed by atoms with Crippen LogP contribution < -0.4 is 5.32 Å². The normalized spacial score (nSPS) is 11.8. The highest BCUT2D eigenvalue weighted by atomic mass is 16.1. The number of carbonyl (C=O) groups excluding carboxylic acids is 1. The van der Waals surface area contributed by atoms with Crippen LogP contribution in [0.15, 0.2) is 66.2 Å². The smallest absolute Gasteiger partial charge is 0.266 e. The second-order valence-electron chi connectivity index (χ2n) is 8.45. The van der Waals surface area contributed by atoms with Crippen molar-refractivity contribution in [2.75, 3.05) is 5.32 Å². The van der Waals surface area contributed by atoms with Gasteiger partial charge in [-0.2, -0.15) is 5.26 Å². The minimum absolute atomic E-state index is 0.0715. The monoisotopic (exact) mass is 397 g/mol. The summed E-state index contributed by atoms with van der Waals surface area (Å²) in [4.78, 5) is 12.5. The number of rotatable bonds is 4. The quantitative estimate of drug-likeness (QED) is 0.438. The lowest BCUT2D eigenvalue weighted by molar-refractivity contribution is -0.112. The number of anilines is 1. The molecule has 2 aromatic carbocycles. The van der Waals surface area contributed by atoms with Crippen molar-refractivity contribution in [1.82, 2.24) is 4.57 Å². The van der Waals surface area contributed by atoms with Crippen molar-refractivity contribution in [3.05, 3.63) is 88.8 Å². The average Bonchev–Trinajstić information content (AvgIpc) is 2.99. The fraction of sp³-hybridized carbons (Fsp3) is 0.231. The number of nitrogens with one attached hydrogen (secondary N) is 1. The maximum atomic E-state index is 12.5. The molecule has 0 aliphatic rings. The fourth-order valence-electron chi connectivity index (χ4n) is 3.47. The Labute approximate surface area is 178 Å². The molecule has 1 heterocycles. The van der Waals surface area contributed by atoms with E-state index >= 15 is 0 Å². The predicted molar refractivity (Wildman–Crippen MR) is 123 cm³/mol. The van der Waals surface area contributed by atoms with Gasteiger partial charge in [0.2, 0.25) is 0 Å². The molecule has 152 valence electrons. The molecule has 1 amide bonds. The molecule has 0 aliphatic heterocycles. The molecular weight excluding hydrogens is 370 g/mol. The minimum atomic E-state index is -0.414. The Morgan fingerprint density at radius 3 is 2.23 bits per heavy atom.